The molecule has 4 N–H and O–H groups in total. The Morgan fingerprint density at radius 2 is 1.65 bits per heavy atom. The summed E-state index contributed by atoms with van der Waals surface area (Å²) in [6.07, 6.45) is 1.74. The van der Waals surface area contributed by atoms with Crippen molar-refractivity contribution >= 4 is 40.9 Å². The molecule has 1 saturated heterocycles. The molecule has 18 heteroatoms. The summed E-state index contributed by atoms with van der Waals surface area (Å²) in [4.78, 5) is 79.8. The molecule has 5 amide bonds. The second-order valence-electron chi connectivity index (χ2n) is 12.3. The first-order valence-corrected chi connectivity index (χ1v) is 17.6. The lowest BCUT2D eigenvalue weighted by Gasteiger charge is -2.27. The molecule has 1 unspecified atom stereocenters. The molecule has 4 heterocycles. The summed E-state index contributed by atoms with van der Waals surface area (Å²) >= 11 is 0. The summed E-state index contributed by atoms with van der Waals surface area (Å²) in [5.74, 6) is -1.85. The number of amides is 5. The first-order chi connectivity index (χ1) is 26.7. The number of hydrogen-bond donors (Lipinski definition) is 4. The van der Waals surface area contributed by atoms with E-state index in [1.54, 1.807) is 36.4 Å². The van der Waals surface area contributed by atoms with Crippen LogP contribution in [0.2, 0.25) is 0 Å². The van der Waals surface area contributed by atoms with Gasteiger partial charge >= 0.3 is 0 Å². The molecule has 0 saturated carbocycles. The largest absolute Gasteiger partial charge is 0.492 e. The van der Waals surface area contributed by atoms with Gasteiger partial charge in [-0.1, -0.05) is 6.07 Å². The Bertz CT molecular complexity index is 2170. The van der Waals surface area contributed by atoms with Gasteiger partial charge in [0.15, 0.2) is 5.65 Å². The minimum Gasteiger partial charge on any atom is -0.492 e. The molecule has 0 radical (unpaired) electrons. The first kappa shape index (κ1) is 38.3. The minimum atomic E-state index is -1.03. The zero-order valence-electron chi connectivity index (χ0n) is 29.6. The van der Waals surface area contributed by atoms with Crippen LogP contribution in [0, 0.1) is 11.3 Å². The van der Waals surface area contributed by atoms with Crippen molar-refractivity contribution in [1.29, 1.82) is 5.26 Å². The lowest BCUT2D eigenvalue weighted by molar-refractivity contribution is -0.136. The summed E-state index contributed by atoms with van der Waals surface area (Å²) in [6.45, 7) is 2.69. The van der Waals surface area contributed by atoms with Crippen molar-refractivity contribution in [2.75, 3.05) is 64.7 Å². The van der Waals surface area contributed by atoms with E-state index >= 15 is 0 Å². The fraction of sp³-hybridized carbons (Fsp3) is 0.351. The van der Waals surface area contributed by atoms with Crippen LogP contribution in [-0.4, -0.2) is 114 Å². The van der Waals surface area contributed by atoms with Crippen molar-refractivity contribution < 1.29 is 42.9 Å². The molecule has 1 fully saturated rings. The molecule has 0 spiro atoms. The summed E-state index contributed by atoms with van der Waals surface area (Å²) in [7, 11) is 0. The SMILES string of the molecule is N#Cc1c[nH]n2c(=O)cc(-c3ccc(OCCNC(=O)CCOCCOCCOCCNc4cccc5c4C(=O)N(C4CCC(=O)NC4=O)C5=O)cc3)nc12. The van der Waals surface area contributed by atoms with Gasteiger partial charge in [0.2, 0.25) is 17.7 Å². The summed E-state index contributed by atoms with van der Waals surface area (Å²) in [5.41, 5.74) is 2.14. The average molecular weight is 755 g/mol. The molecule has 2 aliphatic heterocycles. The average Bonchev–Trinajstić information content (AvgIpc) is 3.72. The van der Waals surface area contributed by atoms with Crippen molar-refractivity contribution in [2.45, 2.75) is 25.3 Å². The van der Waals surface area contributed by atoms with Gasteiger partial charge in [-0.25, -0.2) is 9.50 Å². The second kappa shape index (κ2) is 18.1. The summed E-state index contributed by atoms with van der Waals surface area (Å²) in [6, 6.07) is 14.2. The highest BCUT2D eigenvalue weighted by molar-refractivity contribution is 6.25. The smallest absolute Gasteiger partial charge is 0.273 e. The first-order valence-electron chi connectivity index (χ1n) is 17.6. The highest BCUT2D eigenvalue weighted by Crippen LogP contribution is 2.32. The van der Waals surface area contributed by atoms with Crippen molar-refractivity contribution in [1.82, 2.24) is 30.1 Å². The van der Waals surface area contributed by atoms with E-state index in [0.717, 1.165) is 4.90 Å². The number of carbonyl (C=O) groups excluding carboxylic acids is 5. The number of imide groups is 2. The molecule has 2 aromatic heterocycles. The second-order valence-corrected chi connectivity index (χ2v) is 12.3. The van der Waals surface area contributed by atoms with E-state index in [-0.39, 0.29) is 66.3 Å². The number of rotatable bonds is 19. The Morgan fingerprint density at radius 3 is 2.40 bits per heavy atom. The van der Waals surface area contributed by atoms with Crippen molar-refractivity contribution in [2.24, 2.45) is 0 Å². The van der Waals surface area contributed by atoms with Gasteiger partial charge in [-0.2, -0.15) is 5.26 Å². The zero-order chi connectivity index (χ0) is 38.7. The quantitative estimate of drug-likeness (QED) is 0.0774. The summed E-state index contributed by atoms with van der Waals surface area (Å²) in [5, 5.41) is 20.0. The Hall–Kier alpha value is -6.42. The monoisotopic (exact) mass is 754 g/mol. The van der Waals surface area contributed by atoms with Crippen LogP contribution >= 0.6 is 0 Å². The van der Waals surface area contributed by atoms with Crippen LogP contribution < -0.4 is 26.2 Å². The number of ether oxygens (including phenoxy) is 4. The molecular formula is C37H38N8O10. The van der Waals surface area contributed by atoms with E-state index < -0.39 is 29.7 Å². The van der Waals surface area contributed by atoms with Crippen LogP contribution in [0.15, 0.2) is 59.5 Å². The van der Waals surface area contributed by atoms with Crippen LogP contribution in [-0.2, 0) is 28.6 Å². The van der Waals surface area contributed by atoms with Gasteiger partial charge in [0.05, 0.1) is 63.0 Å². The van der Waals surface area contributed by atoms with Crippen LogP contribution in [0.5, 0.6) is 5.75 Å². The number of nitrogens with one attached hydrogen (secondary N) is 4. The topological polar surface area (TPSA) is 236 Å². The molecular weight excluding hydrogens is 716 g/mol. The third-order valence-electron chi connectivity index (χ3n) is 8.71. The van der Waals surface area contributed by atoms with E-state index in [1.165, 1.54) is 22.8 Å². The van der Waals surface area contributed by atoms with Gasteiger partial charge in [0, 0.05) is 42.9 Å². The van der Waals surface area contributed by atoms with Crippen molar-refractivity contribution in [3.8, 4) is 23.1 Å². The third kappa shape index (κ3) is 9.21. The predicted molar refractivity (Wildman–Crippen MR) is 193 cm³/mol. The van der Waals surface area contributed by atoms with Crippen LogP contribution in [0.25, 0.3) is 16.9 Å². The normalized spacial score (nSPS) is 15.2. The number of piperidine rings is 1. The molecule has 286 valence electrons. The van der Waals surface area contributed by atoms with Gasteiger partial charge in [-0.15, -0.1) is 0 Å². The highest BCUT2D eigenvalue weighted by Gasteiger charge is 2.45. The van der Waals surface area contributed by atoms with Crippen molar-refractivity contribution in [3.05, 3.63) is 81.8 Å². The van der Waals surface area contributed by atoms with Crippen LogP contribution in [0.4, 0.5) is 5.69 Å². The number of benzene rings is 2. The van der Waals surface area contributed by atoms with Gasteiger partial charge in [-0.05, 0) is 42.8 Å². The number of nitrogens with zero attached hydrogens (tertiary/aromatic N) is 4. The third-order valence-corrected chi connectivity index (χ3v) is 8.71. The number of H-pyrrole nitrogens is 1. The predicted octanol–water partition coefficient (Wildman–Crippen LogP) is 1.01. The van der Waals surface area contributed by atoms with E-state index in [9.17, 15) is 34.0 Å². The molecule has 55 heavy (non-hydrogen) atoms. The number of fused-ring (bicyclic) bond motifs is 2. The van der Waals surface area contributed by atoms with E-state index in [1.807, 2.05) is 6.07 Å². The van der Waals surface area contributed by atoms with Crippen LogP contribution in [0.1, 0.15) is 45.5 Å². The number of hydrogen-bond acceptors (Lipinski definition) is 13. The number of carbonyl (C=O) groups is 5. The fourth-order valence-electron chi connectivity index (χ4n) is 6.01. The Morgan fingerprint density at radius 1 is 0.909 bits per heavy atom. The molecule has 4 aromatic rings. The molecule has 1 atom stereocenters. The van der Waals surface area contributed by atoms with Crippen molar-refractivity contribution in [3.63, 3.8) is 0 Å². The highest BCUT2D eigenvalue weighted by atomic mass is 16.5. The molecule has 0 bridgehead atoms. The molecule has 2 aliphatic rings. The molecule has 0 aliphatic carbocycles. The number of anilines is 1. The Kier molecular flexibility index (Phi) is 12.6. The van der Waals surface area contributed by atoms with Crippen LogP contribution in [0.3, 0.4) is 0 Å². The lowest BCUT2D eigenvalue weighted by Crippen LogP contribution is -2.54. The number of aromatic amines is 1. The summed E-state index contributed by atoms with van der Waals surface area (Å²) < 4.78 is 23.4. The zero-order valence-corrected chi connectivity index (χ0v) is 29.6. The van der Waals surface area contributed by atoms with E-state index in [0.29, 0.717) is 68.8 Å². The molecule has 18 nitrogen and oxygen atoms in total. The van der Waals surface area contributed by atoms with E-state index in [2.05, 4.69) is 26.0 Å². The maximum Gasteiger partial charge on any atom is 0.273 e. The Balaban J connectivity index is 0.777. The van der Waals surface area contributed by atoms with Gasteiger partial charge in [0.1, 0.15) is 30.0 Å². The van der Waals surface area contributed by atoms with Gasteiger partial charge < -0.3 is 29.6 Å². The Labute approximate surface area is 313 Å². The maximum absolute atomic E-state index is 13.2. The number of aromatic nitrogens is 3. The van der Waals surface area contributed by atoms with Gasteiger partial charge in [0.25, 0.3) is 17.4 Å². The maximum atomic E-state index is 13.2. The standard InChI is InChI=1S/C37H38N8O10/c38-21-24-22-41-45-32(48)20-28(42-34(24)45)23-4-6-25(7-5-23)55-15-12-40-30(46)10-13-52-16-18-54-19-17-53-14-11-39-27-3-1-2-26-33(27)37(51)44(36(26)50)29-8-9-31(47)43-35(29)49/h1-7,20,22,29,39,41H,8-19H2,(H,40,46)(H,43,47,49). The lowest BCUT2D eigenvalue weighted by atomic mass is 10.0. The molecule has 2 aromatic carbocycles. The molecule has 6 rings (SSSR count). The minimum absolute atomic E-state index is 0.0494. The van der Waals surface area contributed by atoms with Gasteiger partial charge in [-0.3, -0.25) is 44.1 Å². The van der Waals surface area contributed by atoms with E-state index in [4.69, 9.17) is 18.9 Å². The number of nitriles is 1. The fourth-order valence-corrected chi connectivity index (χ4v) is 6.01.